The Labute approximate surface area is 105 Å². The van der Waals surface area contributed by atoms with Crippen molar-refractivity contribution >= 4 is 5.71 Å². The van der Waals surface area contributed by atoms with Crippen LogP contribution in [0.2, 0.25) is 0 Å². The molecule has 0 N–H and O–H groups in total. The molecule has 3 aliphatic rings. The lowest BCUT2D eigenvalue weighted by Gasteiger charge is -2.36. The number of aliphatic imine (C=N–C) groups is 1. The van der Waals surface area contributed by atoms with Crippen LogP contribution in [0.15, 0.2) is 17.1 Å². The first-order valence-electron chi connectivity index (χ1n) is 7.23. The fourth-order valence-electron chi connectivity index (χ4n) is 3.61. The number of nitrogens with zero attached hydrogens (tertiary/aromatic N) is 2. The first-order chi connectivity index (χ1) is 8.33. The monoisotopic (exact) mass is 232 g/mol. The van der Waals surface area contributed by atoms with E-state index in [0.717, 1.165) is 18.4 Å². The van der Waals surface area contributed by atoms with Crippen LogP contribution in [-0.2, 0) is 0 Å². The predicted molar refractivity (Wildman–Crippen MR) is 72.5 cm³/mol. The van der Waals surface area contributed by atoms with Gasteiger partial charge < -0.3 is 4.90 Å². The molecule has 0 radical (unpaired) electrons. The average molecular weight is 232 g/mol. The molecule has 94 valence electrons. The standard InChI is InChI=1S/C15H24N2/c1-17-9-6-12(7-10-17)14-5-4-13-3-2-8-16-15(13)11-14/h4-5,12-14H,2-3,6-11H2,1H3. The third kappa shape index (κ3) is 2.47. The summed E-state index contributed by atoms with van der Waals surface area (Å²) in [7, 11) is 2.24. The Morgan fingerprint density at radius 1 is 1.18 bits per heavy atom. The van der Waals surface area contributed by atoms with E-state index >= 15 is 0 Å². The SMILES string of the molecule is CN1CCC(C2C=CC3CCCN=C3C2)CC1. The summed E-state index contributed by atoms with van der Waals surface area (Å²) in [5.41, 5.74) is 1.52. The highest BCUT2D eigenvalue weighted by Crippen LogP contribution is 2.34. The van der Waals surface area contributed by atoms with Crippen LogP contribution in [0.5, 0.6) is 0 Å². The fourth-order valence-corrected chi connectivity index (χ4v) is 3.61. The van der Waals surface area contributed by atoms with Crippen molar-refractivity contribution in [2.75, 3.05) is 26.7 Å². The first-order valence-corrected chi connectivity index (χ1v) is 7.23. The molecule has 17 heavy (non-hydrogen) atoms. The molecule has 2 heterocycles. The second-order valence-corrected chi connectivity index (χ2v) is 6.02. The minimum atomic E-state index is 0.700. The van der Waals surface area contributed by atoms with Crippen molar-refractivity contribution in [1.82, 2.24) is 4.90 Å². The number of fused-ring (bicyclic) bond motifs is 1. The molecule has 1 saturated heterocycles. The highest BCUT2D eigenvalue weighted by atomic mass is 15.1. The summed E-state index contributed by atoms with van der Waals surface area (Å²) in [4.78, 5) is 7.23. The van der Waals surface area contributed by atoms with E-state index in [1.165, 1.54) is 50.9 Å². The van der Waals surface area contributed by atoms with E-state index in [0.29, 0.717) is 5.92 Å². The summed E-state index contributed by atoms with van der Waals surface area (Å²) in [5.74, 6) is 2.40. The molecule has 0 amide bonds. The second-order valence-electron chi connectivity index (χ2n) is 6.02. The van der Waals surface area contributed by atoms with Gasteiger partial charge in [0, 0.05) is 18.2 Å². The Balaban J connectivity index is 1.66. The Kier molecular flexibility index (Phi) is 3.32. The summed E-state index contributed by atoms with van der Waals surface area (Å²) in [6, 6.07) is 0. The molecule has 3 rings (SSSR count). The van der Waals surface area contributed by atoms with Crippen LogP contribution in [-0.4, -0.2) is 37.3 Å². The van der Waals surface area contributed by atoms with Crippen molar-refractivity contribution in [3.63, 3.8) is 0 Å². The lowest BCUT2D eigenvalue weighted by Crippen LogP contribution is -2.35. The minimum absolute atomic E-state index is 0.700. The van der Waals surface area contributed by atoms with Crippen LogP contribution in [0.25, 0.3) is 0 Å². The molecule has 0 bridgehead atoms. The molecule has 1 fully saturated rings. The molecule has 2 heteroatoms. The van der Waals surface area contributed by atoms with Crippen LogP contribution in [0, 0.1) is 17.8 Å². The molecule has 2 atom stereocenters. The number of hydrogen-bond acceptors (Lipinski definition) is 2. The van der Waals surface area contributed by atoms with Crippen LogP contribution in [0.3, 0.4) is 0 Å². The number of hydrogen-bond donors (Lipinski definition) is 0. The number of allylic oxidation sites excluding steroid dienone is 2. The summed E-state index contributed by atoms with van der Waals surface area (Å²) in [6.07, 6.45) is 11.6. The highest BCUT2D eigenvalue weighted by Gasteiger charge is 2.30. The number of rotatable bonds is 1. The van der Waals surface area contributed by atoms with Gasteiger partial charge in [0.15, 0.2) is 0 Å². The van der Waals surface area contributed by atoms with Crippen LogP contribution >= 0.6 is 0 Å². The first kappa shape index (κ1) is 11.5. The van der Waals surface area contributed by atoms with E-state index in [2.05, 4.69) is 24.1 Å². The van der Waals surface area contributed by atoms with Gasteiger partial charge >= 0.3 is 0 Å². The van der Waals surface area contributed by atoms with Gasteiger partial charge in [0.1, 0.15) is 0 Å². The molecule has 0 spiro atoms. The van der Waals surface area contributed by atoms with Gasteiger partial charge in [0.05, 0.1) is 0 Å². The van der Waals surface area contributed by atoms with Crippen LogP contribution in [0.1, 0.15) is 32.1 Å². The van der Waals surface area contributed by atoms with Crippen molar-refractivity contribution in [2.24, 2.45) is 22.7 Å². The Morgan fingerprint density at radius 2 is 2.00 bits per heavy atom. The summed E-state index contributed by atoms with van der Waals surface area (Å²) >= 11 is 0. The zero-order chi connectivity index (χ0) is 11.7. The lowest BCUT2D eigenvalue weighted by molar-refractivity contribution is 0.189. The average Bonchev–Trinajstić information content (AvgIpc) is 2.39. The van der Waals surface area contributed by atoms with Gasteiger partial charge in [0.25, 0.3) is 0 Å². The van der Waals surface area contributed by atoms with Gasteiger partial charge in [-0.3, -0.25) is 4.99 Å². The zero-order valence-corrected chi connectivity index (χ0v) is 10.9. The van der Waals surface area contributed by atoms with Gasteiger partial charge in [0.2, 0.25) is 0 Å². The van der Waals surface area contributed by atoms with E-state index in [4.69, 9.17) is 4.99 Å². The van der Waals surface area contributed by atoms with Crippen molar-refractivity contribution in [3.8, 4) is 0 Å². The maximum Gasteiger partial charge on any atom is 0.0389 e. The Morgan fingerprint density at radius 3 is 2.82 bits per heavy atom. The maximum atomic E-state index is 4.77. The summed E-state index contributed by atoms with van der Waals surface area (Å²) in [6.45, 7) is 3.65. The third-order valence-corrected chi connectivity index (χ3v) is 4.82. The molecule has 0 saturated carbocycles. The highest BCUT2D eigenvalue weighted by molar-refractivity contribution is 5.90. The lowest BCUT2D eigenvalue weighted by atomic mass is 9.74. The maximum absolute atomic E-state index is 4.77. The topological polar surface area (TPSA) is 15.6 Å². The number of likely N-dealkylation sites (tertiary alicyclic amines) is 1. The Bertz CT molecular complexity index is 324. The normalized spacial score (nSPS) is 35.5. The molecule has 2 aliphatic heterocycles. The molecule has 2 unspecified atom stereocenters. The molecule has 2 nitrogen and oxygen atoms in total. The van der Waals surface area contributed by atoms with Gasteiger partial charge in [-0.2, -0.15) is 0 Å². The van der Waals surface area contributed by atoms with Gasteiger partial charge in [-0.1, -0.05) is 12.2 Å². The molecule has 0 aromatic heterocycles. The third-order valence-electron chi connectivity index (χ3n) is 4.82. The second kappa shape index (κ2) is 4.93. The van der Waals surface area contributed by atoms with Crippen LogP contribution in [0.4, 0.5) is 0 Å². The van der Waals surface area contributed by atoms with Gasteiger partial charge in [-0.25, -0.2) is 0 Å². The summed E-state index contributed by atoms with van der Waals surface area (Å²) in [5, 5.41) is 0. The van der Waals surface area contributed by atoms with Crippen molar-refractivity contribution in [1.29, 1.82) is 0 Å². The molecule has 0 aromatic rings. The minimum Gasteiger partial charge on any atom is -0.306 e. The van der Waals surface area contributed by atoms with E-state index in [9.17, 15) is 0 Å². The van der Waals surface area contributed by atoms with Gasteiger partial charge in [-0.15, -0.1) is 0 Å². The number of piperidine rings is 1. The zero-order valence-electron chi connectivity index (χ0n) is 10.9. The van der Waals surface area contributed by atoms with E-state index in [1.54, 1.807) is 0 Å². The molecular weight excluding hydrogens is 208 g/mol. The molecular formula is C15H24N2. The van der Waals surface area contributed by atoms with E-state index in [1.807, 2.05) is 0 Å². The van der Waals surface area contributed by atoms with Gasteiger partial charge in [-0.05, 0) is 64.1 Å². The molecule has 0 aromatic carbocycles. The summed E-state index contributed by atoms with van der Waals surface area (Å²) < 4.78 is 0. The smallest absolute Gasteiger partial charge is 0.0389 e. The fraction of sp³-hybridized carbons (Fsp3) is 0.800. The van der Waals surface area contributed by atoms with Crippen LogP contribution < -0.4 is 0 Å². The largest absolute Gasteiger partial charge is 0.306 e. The van der Waals surface area contributed by atoms with E-state index in [-0.39, 0.29) is 0 Å². The Hall–Kier alpha value is -0.630. The predicted octanol–water partition coefficient (Wildman–Crippen LogP) is 2.76. The van der Waals surface area contributed by atoms with Crippen molar-refractivity contribution in [3.05, 3.63) is 12.2 Å². The van der Waals surface area contributed by atoms with Crippen molar-refractivity contribution in [2.45, 2.75) is 32.1 Å². The van der Waals surface area contributed by atoms with E-state index < -0.39 is 0 Å². The quantitative estimate of drug-likeness (QED) is 0.635. The van der Waals surface area contributed by atoms with Crippen molar-refractivity contribution < 1.29 is 0 Å². The molecule has 1 aliphatic carbocycles.